The van der Waals surface area contributed by atoms with E-state index in [0.29, 0.717) is 12.3 Å². The Hall–Kier alpha value is -1.30. The van der Waals surface area contributed by atoms with Crippen LogP contribution in [0.25, 0.3) is 0 Å². The summed E-state index contributed by atoms with van der Waals surface area (Å²) >= 11 is 0. The minimum Gasteiger partial charge on any atom is -0.507 e. The van der Waals surface area contributed by atoms with E-state index >= 15 is 0 Å². The van der Waals surface area contributed by atoms with Gasteiger partial charge in [0, 0.05) is 36.4 Å². The van der Waals surface area contributed by atoms with E-state index in [1.54, 1.807) is 0 Å². The SMILES string of the molecule is CCN(CC)Cc1cc(CN(CC)CC)c(O)c(CN(CC)CC)c1N. The normalized spacial score (nSPS) is 11.9. The fraction of sp³-hybridized carbons (Fsp3) is 0.714. The first-order valence-corrected chi connectivity index (χ1v) is 10.2. The topological polar surface area (TPSA) is 56.0 Å². The molecule has 0 aliphatic carbocycles. The first-order chi connectivity index (χ1) is 12.4. The predicted octanol–water partition coefficient (Wildman–Crippen LogP) is 3.50. The van der Waals surface area contributed by atoms with Crippen molar-refractivity contribution in [2.75, 3.05) is 45.0 Å². The minimum absolute atomic E-state index is 0.379. The summed E-state index contributed by atoms with van der Waals surface area (Å²) in [6.45, 7) is 21.1. The van der Waals surface area contributed by atoms with Gasteiger partial charge in [0.25, 0.3) is 0 Å². The number of nitrogens with two attached hydrogens (primary N) is 1. The zero-order valence-corrected chi connectivity index (χ0v) is 17.8. The van der Waals surface area contributed by atoms with Gasteiger partial charge in [-0.15, -0.1) is 0 Å². The molecule has 0 aliphatic rings. The molecule has 3 N–H and O–H groups in total. The van der Waals surface area contributed by atoms with Gasteiger partial charge in [0.05, 0.1) is 0 Å². The summed E-state index contributed by atoms with van der Waals surface area (Å²) in [5.41, 5.74) is 10.3. The van der Waals surface area contributed by atoms with Crippen LogP contribution in [0.2, 0.25) is 0 Å². The number of benzene rings is 1. The van der Waals surface area contributed by atoms with Crippen LogP contribution in [0.15, 0.2) is 6.07 Å². The van der Waals surface area contributed by atoms with Crippen molar-refractivity contribution in [3.8, 4) is 5.75 Å². The molecule has 1 rings (SSSR count). The lowest BCUT2D eigenvalue weighted by Gasteiger charge is -2.26. The molecule has 150 valence electrons. The van der Waals surface area contributed by atoms with Crippen molar-refractivity contribution in [2.45, 2.75) is 61.2 Å². The number of nitrogens with zero attached hydrogens (tertiary/aromatic N) is 3. The van der Waals surface area contributed by atoms with Crippen molar-refractivity contribution in [1.29, 1.82) is 0 Å². The fourth-order valence-corrected chi connectivity index (χ4v) is 3.33. The molecule has 0 saturated carbocycles. The van der Waals surface area contributed by atoms with E-state index in [9.17, 15) is 5.11 Å². The summed E-state index contributed by atoms with van der Waals surface area (Å²) in [6.07, 6.45) is 0. The standard InChI is InChI=1S/C21H40N4O/c1-7-23(8-2)14-17-13-18(15-24(9-3)10-4)21(26)19(20(17)22)16-25(11-5)12-6/h13,26H,7-12,14-16,22H2,1-6H3. The van der Waals surface area contributed by atoms with Gasteiger partial charge < -0.3 is 10.8 Å². The van der Waals surface area contributed by atoms with Crippen molar-refractivity contribution >= 4 is 5.69 Å². The maximum atomic E-state index is 11.0. The molecule has 0 saturated heterocycles. The molecule has 0 aliphatic heterocycles. The van der Waals surface area contributed by atoms with E-state index in [4.69, 9.17) is 5.73 Å². The molecule has 0 radical (unpaired) electrons. The quantitative estimate of drug-likeness (QED) is 0.556. The highest BCUT2D eigenvalue weighted by molar-refractivity contribution is 5.62. The Morgan fingerprint density at radius 3 is 1.50 bits per heavy atom. The van der Waals surface area contributed by atoms with Crippen molar-refractivity contribution in [2.24, 2.45) is 0 Å². The van der Waals surface area contributed by atoms with Crippen LogP contribution in [0, 0.1) is 0 Å². The smallest absolute Gasteiger partial charge is 0.126 e. The Balaban J connectivity index is 3.35. The first kappa shape index (κ1) is 22.7. The maximum Gasteiger partial charge on any atom is 0.126 e. The fourth-order valence-electron chi connectivity index (χ4n) is 3.33. The zero-order chi connectivity index (χ0) is 19.7. The number of rotatable bonds is 12. The average molecular weight is 365 g/mol. The van der Waals surface area contributed by atoms with Crippen LogP contribution < -0.4 is 5.73 Å². The summed E-state index contributed by atoms with van der Waals surface area (Å²) in [6, 6.07) is 2.12. The Bertz CT molecular complexity index is 497. The lowest BCUT2D eigenvalue weighted by Crippen LogP contribution is -2.26. The van der Waals surface area contributed by atoms with Crippen molar-refractivity contribution in [3.63, 3.8) is 0 Å². The second-order valence-corrected chi connectivity index (χ2v) is 6.82. The summed E-state index contributed by atoms with van der Waals surface area (Å²) in [5, 5.41) is 11.0. The van der Waals surface area contributed by atoms with E-state index in [1.807, 2.05) is 0 Å². The Morgan fingerprint density at radius 2 is 1.08 bits per heavy atom. The molecule has 5 nitrogen and oxygen atoms in total. The maximum absolute atomic E-state index is 11.0. The van der Waals surface area contributed by atoms with Gasteiger partial charge in [-0.25, -0.2) is 0 Å². The van der Waals surface area contributed by atoms with Crippen molar-refractivity contribution in [3.05, 3.63) is 22.8 Å². The van der Waals surface area contributed by atoms with E-state index in [1.165, 1.54) is 0 Å². The molecule has 0 bridgehead atoms. The number of phenols is 1. The highest BCUT2D eigenvalue weighted by atomic mass is 16.3. The number of aromatic hydroxyl groups is 1. The number of hydrogen-bond donors (Lipinski definition) is 2. The molecule has 1 aromatic rings. The van der Waals surface area contributed by atoms with Crippen LogP contribution in [0.5, 0.6) is 5.75 Å². The Morgan fingerprint density at radius 1 is 0.692 bits per heavy atom. The molecule has 0 spiro atoms. The van der Waals surface area contributed by atoms with E-state index in [2.05, 4.69) is 62.3 Å². The lowest BCUT2D eigenvalue weighted by molar-refractivity contribution is 0.279. The van der Waals surface area contributed by atoms with Crippen LogP contribution in [-0.4, -0.2) is 59.1 Å². The van der Waals surface area contributed by atoms with E-state index in [0.717, 1.165) is 74.7 Å². The molecule has 0 fully saturated rings. The molecule has 0 unspecified atom stereocenters. The van der Waals surface area contributed by atoms with Gasteiger partial charge >= 0.3 is 0 Å². The highest BCUT2D eigenvalue weighted by Crippen LogP contribution is 2.34. The Kier molecular flexibility index (Phi) is 9.99. The van der Waals surface area contributed by atoms with Gasteiger partial charge in [-0.3, -0.25) is 14.7 Å². The van der Waals surface area contributed by atoms with E-state index < -0.39 is 0 Å². The molecular weight excluding hydrogens is 324 g/mol. The van der Waals surface area contributed by atoms with Crippen LogP contribution in [0.4, 0.5) is 5.69 Å². The summed E-state index contributed by atoms with van der Waals surface area (Å²) in [7, 11) is 0. The van der Waals surface area contributed by atoms with Crippen LogP contribution in [-0.2, 0) is 19.6 Å². The van der Waals surface area contributed by atoms with Gasteiger partial charge in [-0.05, 0) is 50.9 Å². The summed E-state index contributed by atoms with van der Waals surface area (Å²) < 4.78 is 0. The second-order valence-electron chi connectivity index (χ2n) is 6.82. The molecule has 0 atom stereocenters. The summed E-state index contributed by atoms with van der Waals surface area (Å²) in [5.74, 6) is 0.379. The van der Waals surface area contributed by atoms with Gasteiger partial charge in [0.1, 0.15) is 5.75 Å². The molecule has 0 heterocycles. The van der Waals surface area contributed by atoms with Gasteiger partial charge in [0.2, 0.25) is 0 Å². The second kappa shape index (κ2) is 11.4. The van der Waals surface area contributed by atoms with Crippen LogP contribution >= 0.6 is 0 Å². The third kappa shape index (κ3) is 5.86. The minimum atomic E-state index is 0.379. The zero-order valence-electron chi connectivity index (χ0n) is 17.8. The average Bonchev–Trinajstić information content (AvgIpc) is 2.67. The molecule has 0 amide bonds. The molecular formula is C21H40N4O. The predicted molar refractivity (Wildman–Crippen MR) is 112 cm³/mol. The molecule has 5 heteroatoms. The molecule has 0 aromatic heterocycles. The number of hydrogen-bond acceptors (Lipinski definition) is 5. The number of phenolic OH excluding ortho intramolecular Hbond substituents is 1. The van der Waals surface area contributed by atoms with Crippen LogP contribution in [0.1, 0.15) is 58.2 Å². The highest BCUT2D eigenvalue weighted by Gasteiger charge is 2.19. The van der Waals surface area contributed by atoms with Crippen LogP contribution in [0.3, 0.4) is 0 Å². The summed E-state index contributed by atoms with van der Waals surface area (Å²) in [4.78, 5) is 6.99. The van der Waals surface area contributed by atoms with Gasteiger partial charge in [-0.2, -0.15) is 0 Å². The molecule has 26 heavy (non-hydrogen) atoms. The first-order valence-electron chi connectivity index (χ1n) is 10.2. The molecule has 1 aromatic carbocycles. The van der Waals surface area contributed by atoms with Gasteiger partial charge in [0.15, 0.2) is 0 Å². The number of nitrogen functional groups attached to an aromatic ring is 1. The monoisotopic (exact) mass is 364 g/mol. The lowest BCUT2D eigenvalue weighted by atomic mass is 9.99. The largest absolute Gasteiger partial charge is 0.507 e. The third-order valence-electron chi connectivity index (χ3n) is 5.46. The number of anilines is 1. The Labute approximate surface area is 160 Å². The van der Waals surface area contributed by atoms with Gasteiger partial charge in [-0.1, -0.05) is 41.5 Å². The van der Waals surface area contributed by atoms with Crippen molar-refractivity contribution in [1.82, 2.24) is 14.7 Å². The van der Waals surface area contributed by atoms with E-state index in [-0.39, 0.29) is 0 Å². The third-order valence-corrected chi connectivity index (χ3v) is 5.46. The van der Waals surface area contributed by atoms with Crippen molar-refractivity contribution < 1.29 is 5.11 Å².